The summed E-state index contributed by atoms with van der Waals surface area (Å²) in [4.78, 5) is 14.2. The summed E-state index contributed by atoms with van der Waals surface area (Å²) in [5.41, 5.74) is 0. The number of piperazine rings is 1. The zero-order valence-electron chi connectivity index (χ0n) is 11.7. The first-order chi connectivity index (χ1) is 8.66. The smallest absolute Gasteiger partial charge is 0.317 e. The van der Waals surface area contributed by atoms with Gasteiger partial charge >= 0.3 is 6.03 Å². The Bertz CT molecular complexity index is 274. The number of nitrogens with one attached hydrogen (secondary N) is 2. The first-order valence-electron chi connectivity index (χ1n) is 7.45. The van der Waals surface area contributed by atoms with E-state index in [4.69, 9.17) is 0 Å². The highest BCUT2D eigenvalue weighted by atomic mass is 16.2. The van der Waals surface area contributed by atoms with Crippen LogP contribution in [0.25, 0.3) is 0 Å². The molecule has 1 saturated heterocycles. The minimum absolute atomic E-state index is 0.147. The Balaban J connectivity index is 1.80. The van der Waals surface area contributed by atoms with Gasteiger partial charge in [-0.1, -0.05) is 33.1 Å². The molecule has 1 atom stereocenters. The van der Waals surface area contributed by atoms with Gasteiger partial charge in [-0.25, -0.2) is 4.79 Å². The lowest BCUT2D eigenvalue weighted by Gasteiger charge is -2.37. The van der Waals surface area contributed by atoms with Gasteiger partial charge in [0.25, 0.3) is 0 Å². The van der Waals surface area contributed by atoms with Crippen LogP contribution in [-0.4, -0.2) is 42.6 Å². The zero-order chi connectivity index (χ0) is 13.0. The van der Waals surface area contributed by atoms with E-state index in [1.165, 1.54) is 19.3 Å². The molecule has 18 heavy (non-hydrogen) atoms. The van der Waals surface area contributed by atoms with Crippen molar-refractivity contribution in [1.29, 1.82) is 0 Å². The van der Waals surface area contributed by atoms with Crippen LogP contribution in [0.1, 0.15) is 46.0 Å². The molecule has 1 saturated carbocycles. The summed E-state index contributed by atoms with van der Waals surface area (Å²) in [5.74, 6) is 0.579. The second-order valence-electron chi connectivity index (χ2n) is 6.04. The highest BCUT2D eigenvalue weighted by Gasteiger charge is 2.26. The van der Waals surface area contributed by atoms with E-state index in [1.807, 2.05) is 4.90 Å². The fraction of sp³-hybridized carbons (Fsp3) is 0.929. The van der Waals surface area contributed by atoms with Gasteiger partial charge in [-0.15, -0.1) is 0 Å². The topological polar surface area (TPSA) is 44.4 Å². The predicted molar refractivity (Wildman–Crippen MR) is 73.6 cm³/mol. The fourth-order valence-electron chi connectivity index (χ4n) is 2.92. The van der Waals surface area contributed by atoms with Gasteiger partial charge in [-0.2, -0.15) is 0 Å². The van der Waals surface area contributed by atoms with E-state index in [0.29, 0.717) is 18.0 Å². The van der Waals surface area contributed by atoms with Gasteiger partial charge in [-0.3, -0.25) is 0 Å². The molecule has 4 nitrogen and oxygen atoms in total. The van der Waals surface area contributed by atoms with Crippen molar-refractivity contribution in [2.75, 3.05) is 19.6 Å². The van der Waals surface area contributed by atoms with Gasteiger partial charge in [0, 0.05) is 31.7 Å². The lowest BCUT2D eigenvalue weighted by molar-refractivity contribution is 0.160. The molecule has 2 aliphatic rings. The molecule has 1 aliphatic heterocycles. The number of carbonyl (C=O) groups is 1. The SMILES string of the molecule is CC(C)C1CN(C(=O)NC2CCCCC2)CCN1. The Kier molecular flexibility index (Phi) is 4.87. The van der Waals surface area contributed by atoms with Crippen molar-refractivity contribution in [2.24, 2.45) is 5.92 Å². The van der Waals surface area contributed by atoms with Crippen LogP contribution in [-0.2, 0) is 0 Å². The van der Waals surface area contributed by atoms with E-state index >= 15 is 0 Å². The maximum absolute atomic E-state index is 12.2. The van der Waals surface area contributed by atoms with Crippen LogP contribution in [0.3, 0.4) is 0 Å². The average Bonchev–Trinajstić information content (AvgIpc) is 2.40. The molecule has 4 heteroatoms. The molecular formula is C14H27N3O. The quantitative estimate of drug-likeness (QED) is 0.790. The van der Waals surface area contributed by atoms with E-state index in [-0.39, 0.29) is 6.03 Å². The second kappa shape index (κ2) is 6.41. The minimum Gasteiger partial charge on any atom is -0.335 e. The first kappa shape index (κ1) is 13.7. The van der Waals surface area contributed by atoms with Gasteiger partial charge in [0.1, 0.15) is 0 Å². The van der Waals surface area contributed by atoms with Crippen molar-refractivity contribution in [3.63, 3.8) is 0 Å². The number of hydrogen-bond donors (Lipinski definition) is 2. The predicted octanol–water partition coefficient (Wildman–Crippen LogP) is 1.96. The molecule has 2 amide bonds. The Morgan fingerprint density at radius 3 is 2.67 bits per heavy atom. The van der Waals surface area contributed by atoms with Crippen molar-refractivity contribution >= 4 is 6.03 Å². The summed E-state index contributed by atoms with van der Waals surface area (Å²) < 4.78 is 0. The van der Waals surface area contributed by atoms with Gasteiger partial charge in [0.2, 0.25) is 0 Å². The lowest BCUT2D eigenvalue weighted by Crippen LogP contribution is -2.57. The Morgan fingerprint density at radius 1 is 1.28 bits per heavy atom. The normalized spacial score (nSPS) is 26.4. The largest absolute Gasteiger partial charge is 0.335 e. The van der Waals surface area contributed by atoms with Gasteiger partial charge < -0.3 is 15.5 Å². The van der Waals surface area contributed by atoms with Gasteiger partial charge in [-0.05, 0) is 18.8 Å². The van der Waals surface area contributed by atoms with Crippen LogP contribution in [0.15, 0.2) is 0 Å². The second-order valence-corrected chi connectivity index (χ2v) is 6.04. The standard InChI is InChI=1S/C14H27N3O/c1-11(2)13-10-17(9-8-15-13)14(18)16-12-6-4-3-5-7-12/h11-13,15H,3-10H2,1-2H3,(H,16,18). The molecule has 0 spiro atoms. The highest BCUT2D eigenvalue weighted by Crippen LogP contribution is 2.18. The third-order valence-electron chi connectivity index (χ3n) is 4.23. The van der Waals surface area contributed by atoms with Crippen LogP contribution in [0.2, 0.25) is 0 Å². The third-order valence-corrected chi connectivity index (χ3v) is 4.23. The summed E-state index contributed by atoms with van der Waals surface area (Å²) in [7, 11) is 0. The summed E-state index contributed by atoms with van der Waals surface area (Å²) in [6.07, 6.45) is 6.18. The van der Waals surface area contributed by atoms with Crippen molar-refractivity contribution < 1.29 is 4.79 Å². The van der Waals surface area contributed by atoms with Crippen LogP contribution in [0.5, 0.6) is 0 Å². The van der Waals surface area contributed by atoms with E-state index in [2.05, 4.69) is 24.5 Å². The summed E-state index contributed by atoms with van der Waals surface area (Å²) in [5, 5.41) is 6.69. The van der Waals surface area contributed by atoms with Crippen molar-refractivity contribution in [2.45, 2.75) is 58.0 Å². The van der Waals surface area contributed by atoms with E-state index < -0.39 is 0 Å². The Morgan fingerprint density at radius 2 is 2.00 bits per heavy atom. The lowest BCUT2D eigenvalue weighted by atomic mass is 9.95. The number of rotatable bonds is 2. The molecule has 2 fully saturated rings. The molecule has 1 unspecified atom stereocenters. The van der Waals surface area contributed by atoms with Crippen molar-refractivity contribution in [3.8, 4) is 0 Å². The molecule has 0 radical (unpaired) electrons. The maximum Gasteiger partial charge on any atom is 0.317 e. The number of carbonyl (C=O) groups excluding carboxylic acids is 1. The number of amides is 2. The first-order valence-corrected chi connectivity index (χ1v) is 7.45. The molecular weight excluding hydrogens is 226 g/mol. The molecule has 0 bridgehead atoms. The molecule has 104 valence electrons. The summed E-state index contributed by atoms with van der Waals surface area (Å²) >= 11 is 0. The minimum atomic E-state index is 0.147. The maximum atomic E-state index is 12.2. The Hall–Kier alpha value is -0.770. The molecule has 1 heterocycles. The van der Waals surface area contributed by atoms with Gasteiger partial charge in [0.05, 0.1) is 0 Å². The highest BCUT2D eigenvalue weighted by molar-refractivity contribution is 5.74. The Labute approximate surface area is 110 Å². The molecule has 2 N–H and O–H groups in total. The van der Waals surface area contributed by atoms with Crippen molar-refractivity contribution in [3.05, 3.63) is 0 Å². The molecule has 1 aliphatic carbocycles. The van der Waals surface area contributed by atoms with Crippen LogP contribution >= 0.6 is 0 Å². The molecule has 2 rings (SSSR count). The fourth-order valence-corrected chi connectivity index (χ4v) is 2.92. The summed E-state index contributed by atoms with van der Waals surface area (Å²) in [6.45, 7) is 7.01. The average molecular weight is 253 g/mol. The monoisotopic (exact) mass is 253 g/mol. The van der Waals surface area contributed by atoms with E-state index in [0.717, 1.165) is 32.5 Å². The van der Waals surface area contributed by atoms with Crippen molar-refractivity contribution in [1.82, 2.24) is 15.5 Å². The number of hydrogen-bond acceptors (Lipinski definition) is 2. The molecule has 0 aromatic carbocycles. The third kappa shape index (κ3) is 3.61. The van der Waals surface area contributed by atoms with Crippen LogP contribution in [0.4, 0.5) is 4.79 Å². The number of urea groups is 1. The molecule has 0 aromatic rings. The molecule has 0 aromatic heterocycles. The van der Waals surface area contributed by atoms with Crippen LogP contribution < -0.4 is 10.6 Å². The van der Waals surface area contributed by atoms with E-state index in [9.17, 15) is 4.79 Å². The van der Waals surface area contributed by atoms with Gasteiger partial charge in [0.15, 0.2) is 0 Å². The number of nitrogens with zero attached hydrogens (tertiary/aromatic N) is 1. The zero-order valence-corrected chi connectivity index (χ0v) is 11.7. The summed E-state index contributed by atoms with van der Waals surface area (Å²) in [6, 6.07) is 1.00. The van der Waals surface area contributed by atoms with Crippen LogP contribution in [0, 0.1) is 5.92 Å². The van der Waals surface area contributed by atoms with E-state index in [1.54, 1.807) is 0 Å².